The van der Waals surface area contributed by atoms with Crippen molar-refractivity contribution in [3.8, 4) is 0 Å². The number of aliphatic hydroxyl groups excluding tert-OH is 1. The van der Waals surface area contributed by atoms with Crippen molar-refractivity contribution in [1.82, 2.24) is 9.88 Å². The Hall–Kier alpha value is -1.50. The molecule has 1 N–H and O–H groups in total. The number of amides is 1. The van der Waals surface area contributed by atoms with E-state index in [2.05, 4.69) is 4.98 Å². The zero-order valence-electron chi connectivity index (χ0n) is 10.4. The van der Waals surface area contributed by atoms with E-state index < -0.39 is 0 Å². The second-order valence-corrected chi connectivity index (χ2v) is 5.68. The normalized spacial score (nSPS) is 11.1. The monoisotopic (exact) mass is 294 g/mol. The number of thiophene rings is 1. The van der Waals surface area contributed by atoms with Gasteiger partial charge in [0, 0.05) is 23.4 Å². The van der Waals surface area contributed by atoms with E-state index in [1.807, 2.05) is 16.8 Å². The van der Waals surface area contributed by atoms with Crippen molar-refractivity contribution in [2.24, 2.45) is 0 Å². The van der Waals surface area contributed by atoms with Gasteiger partial charge in [0.1, 0.15) is 0 Å². The first-order valence-electron chi connectivity index (χ1n) is 5.67. The molecule has 0 saturated carbocycles. The molecular weight excluding hydrogens is 280 g/mol. The molecule has 1 amide bonds. The number of hydrogen-bond donors (Lipinski definition) is 1. The van der Waals surface area contributed by atoms with Gasteiger partial charge in [-0.05, 0) is 23.1 Å². The topological polar surface area (TPSA) is 53.4 Å². The lowest BCUT2D eigenvalue weighted by Gasteiger charge is -2.12. The summed E-state index contributed by atoms with van der Waals surface area (Å²) in [6.45, 7) is 0.543. The van der Waals surface area contributed by atoms with Crippen molar-refractivity contribution in [3.05, 3.63) is 44.5 Å². The molecule has 19 heavy (non-hydrogen) atoms. The first kappa shape index (κ1) is 13.9. The van der Waals surface area contributed by atoms with Crippen LogP contribution in [0.15, 0.2) is 28.4 Å². The van der Waals surface area contributed by atoms with Crippen molar-refractivity contribution in [1.29, 1.82) is 0 Å². The third-order valence-corrected chi connectivity index (χ3v) is 4.09. The SMILES string of the molecule is CN(Cc1cscn1)C(=O)C=Cc1cc(CO)cs1. The lowest BCUT2D eigenvalue weighted by atomic mass is 10.3. The van der Waals surface area contributed by atoms with Crippen LogP contribution in [0.25, 0.3) is 6.08 Å². The molecule has 0 bridgehead atoms. The molecule has 0 atom stereocenters. The number of rotatable bonds is 5. The van der Waals surface area contributed by atoms with E-state index in [4.69, 9.17) is 5.11 Å². The van der Waals surface area contributed by atoms with Gasteiger partial charge in [0.05, 0.1) is 24.4 Å². The van der Waals surface area contributed by atoms with Crippen molar-refractivity contribution >= 4 is 34.7 Å². The van der Waals surface area contributed by atoms with Gasteiger partial charge in [0.2, 0.25) is 5.91 Å². The molecule has 0 fully saturated rings. The van der Waals surface area contributed by atoms with Gasteiger partial charge in [-0.25, -0.2) is 4.98 Å². The van der Waals surface area contributed by atoms with Gasteiger partial charge >= 0.3 is 0 Å². The molecule has 6 heteroatoms. The van der Waals surface area contributed by atoms with E-state index in [0.29, 0.717) is 6.54 Å². The number of aliphatic hydroxyl groups is 1. The molecule has 0 saturated heterocycles. The second kappa shape index (κ2) is 6.60. The number of hydrogen-bond acceptors (Lipinski definition) is 5. The van der Waals surface area contributed by atoms with Crippen LogP contribution in [0.4, 0.5) is 0 Å². The minimum atomic E-state index is -0.0630. The maximum Gasteiger partial charge on any atom is 0.246 e. The molecule has 0 aliphatic heterocycles. The molecule has 0 aliphatic rings. The minimum Gasteiger partial charge on any atom is -0.392 e. The first-order valence-corrected chi connectivity index (χ1v) is 7.50. The average molecular weight is 294 g/mol. The highest BCUT2D eigenvalue weighted by Crippen LogP contribution is 2.16. The summed E-state index contributed by atoms with van der Waals surface area (Å²) < 4.78 is 0. The van der Waals surface area contributed by atoms with Gasteiger partial charge in [-0.2, -0.15) is 0 Å². The molecule has 0 aromatic carbocycles. The Labute approximate surface area is 119 Å². The molecule has 100 valence electrons. The maximum atomic E-state index is 11.9. The van der Waals surface area contributed by atoms with Gasteiger partial charge in [0.15, 0.2) is 0 Å². The Kier molecular flexibility index (Phi) is 4.84. The number of likely N-dealkylation sites (N-methyl/N-ethyl adjacent to an activating group) is 1. The van der Waals surface area contributed by atoms with Crippen LogP contribution >= 0.6 is 22.7 Å². The Bertz CT molecular complexity index is 561. The van der Waals surface area contributed by atoms with Gasteiger partial charge in [0.25, 0.3) is 0 Å². The smallest absolute Gasteiger partial charge is 0.246 e. The summed E-state index contributed by atoms with van der Waals surface area (Å²) in [7, 11) is 1.75. The fourth-order valence-electron chi connectivity index (χ4n) is 1.48. The molecule has 0 aliphatic carbocycles. The predicted molar refractivity (Wildman–Crippen MR) is 77.9 cm³/mol. The number of nitrogens with zero attached hydrogens (tertiary/aromatic N) is 2. The summed E-state index contributed by atoms with van der Waals surface area (Å²) in [6, 6.07) is 1.87. The molecule has 0 spiro atoms. The summed E-state index contributed by atoms with van der Waals surface area (Å²) in [6.07, 6.45) is 3.31. The van der Waals surface area contributed by atoms with Crippen LogP contribution in [0.2, 0.25) is 0 Å². The molecule has 2 aromatic heterocycles. The summed E-state index contributed by atoms with van der Waals surface area (Å²) in [5.74, 6) is -0.0630. The van der Waals surface area contributed by atoms with Crippen molar-refractivity contribution in [2.45, 2.75) is 13.2 Å². The Morgan fingerprint density at radius 3 is 3.00 bits per heavy atom. The minimum absolute atomic E-state index is 0.0298. The van der Waals surface area contributed by atoms with Crippen LogP contribution in [0, 0.1) is 0 Å². The standard InChI is InChI=1S/C13H14N2O2S2/c1-15(5-11-8-18-9-14-11)13(17)3-2-12-4-10(6-16)7-19-12/h2-4,7-9,16H,5-6H2,1H3. The van der Waals surface area contributed by atoms with E-state index >= 15 is 0 Å². The number of thiazole rings is 1. The quantitative estimate of drug-likeness (QED) is 0.861. The third kappa shape index (κ3) is 3.99. The third-order valence-electron chi connectivity index (χ3n) is 2.51. The lowest BCUT2D eigenvalue weighted by molar-refractivity contribution is -0.125. The molecule has 0 radical (unpaired) electrons. The fraction of sp³-hybridized carbons (Fsp3) is 0.231. The Morgan fingerprint density at radius 1 is 1.53 bits per heavy atom. The van der Waals surface area contributed by atoms with Gasteiger partial charge in [-0.15, -0.1) is 22.7 Å². The molecular formula is C13H14N2O2S2. The van der Waals surface area contributed by atoms with Crippen molar-refractivity contribution in [3.63, 3.8) is 0 Å². The van der Waals surface area contributed by atoms with Gasteiger partial charge in [-0.3, -0.25) is 4.79 Å². The van der Waals surface area contributed by atoms with Crippen molar-refractivity contribution in [2.75, 3.05) is 7.05 Å². The maximum absolute atomic E-state index is 11.9. The van der Waals surface area contributed by atoms with Gasteiger partial charge < -0.3 is 10.0 Å². The predicted octanol–water partition coefficient (Wildman–Crippen LogP) is 2.37. The Morgan fingerprint density at radius 2 is 2.37 bits per heavy atom. The zero-order valence-corrected chi connectivity index (χ0v) is 12.1. The fourth-order valence-corrected chi connectivity index (χ4v) is 2.83. The highest BCUT2D eigenvalue weighted by atomic mass is 32.1. The molecule has 0 unspecified atom stereocenters. The molecule has 2 heterocycles. The summed E-state index contributed by atoms with van der Waals surface area (Å²) >= 11 is 3.02. The zero-order chi connectivity index (χ0) is 13.7. The number of aromatic nitrogens is 1. The van der Waals surface area contributed by atoms with Gasteiger partial charge in [-0.1, -0.05) is 0 Å². The van der Waals surface area contributed by atoms with Crippen LogP contribution in [-0.4, -0.2) is 27.9 Å². The summed E-state index contributed by atoms with van der Waals surface area (Å²) in [5.41, 5.74) is 3.52. The van der Waals surface area contributed by atoms with E-state index in [1.54, 1.807) is 29.6 Å². The number of carbonyl (C=O) groups is 1. The summed E-state index contributed by atoms with van der Waals surface area (Å²) in [5, 5.41) is 12.8. The van der Waals surface area contributed by atoms with Crippen LogP contribution < -0.4 is 0 Å². The number of carbonyl (C=O) groups excluding carboxylic acids is 1. The van der Waals surface area contributed by atoms with E-state index in [0.717, 1.165) is 16.1 Å². The highest BCUT2D eigenvalue weighted by molar-refractivity contribution is 7.11. The van der Waals surface area contributed by atoms with Crippen molar-refractivity contribution < 1.29 is 9.90 Å². The molecule has 4 nitrogen and oxygen atoms in total. The largest absolute Gasteiger partial charge is 0.392 e. The average Bonchev–Trinajstić information content (AvgIpc) is 3.06. The van der Waals surface area contributed by atoms with Crippen LogP contribution in [0.1, 0.15) is 16.1 Å². The summed E-state index contributed by atoms with van der Waals surface area (Å²) in [4.78, 5) is 18.6. The molecule has 2 rings (SSSR count). The highest BCUT2D eigenvalue weighted by Gasteiger charge is 2.07. The van der Waals surface area contributed by atoms with E-state index in [9.17, 15) is 4.79 Å². The Balaban J connectivity index is 1.92. The lowest BCUT2D eigenvalue weighted by Crippen LogP contribution is -2.24. The second-order valence-electron chi connectivity index (χ2n) is 4.02. The first-order chi connectivity index (χ1) is 9.19. The van der Waals surface area contributed by atoms with Crippen LogP contribution in [0.3, 0.4) is 0 Å². The van der Waals surface area contributed by atoms with Crippen LogP contribution in [-0.2, 0) is 17.9 Å². The molecule has 2 aromatic rings. The van der Waals surface area contributed by atoms with E-state index in [1.165, 1.54) is 22.7 Å². The van der Waals surface area contributed by atoms with E-state index in [-0.39, 0.29) is 12.5 Å². The van der Waals surface area contributed by atoms with Crippen LogP contribution in [0.5, 0.6) is 0 Å².